The molecule has 0 radical (unpaired) electrons. The molecule has 0 spiro atoms. The van der Waals surface area contributed by atoms with Crippen LogP contribution in [0.2, 0.25) is 0 Å². The highest BCUT2D eigenvalue weighted by Gasteiger charge is 2.16. The van der Waals surface area contributed by atoms with Crippen LogP contribution in [0.3, 0.4) is 0 Å². The van der Waals surface area contributed by atoms with E-state index in [1.165, 1.54) is 11.1 Å². The molecule has 0 fully saturated rings. The smallest absolute Gasteiger partial charge is 0.122 e. The average Bonchev–Trinajstić information content (AvgIpc) is 2.34. The summed E-state index contributed by atoms with van der Waals surface area (Å²) < 4.78 is 6.02. The summed E-state index contributed by atoms with van der Waals surface area (Å²) in [4.78, 5) is 0. The molecule has 0 aliphatic carbocycles. The SMILES string of the molecule is CCNC(COc1ccc(C(C)(C)C)cc1C)C(C)C. The fourth-order valence-corrected chi connectivity index (χ4v) is 2.21. The standard InChI is InChI=1S/C18H31NO/c1-8-19-16(13(2)3)12-20-17-10-9-15(11-14(17)4)18(5,6)7/h9-11,13,16,19H,8,12H2,1-7H3. The molecule has 0 saturated heterocycles. The predicted octanol–water partition coefficient (Wildman–Crippen LogP) is 4.31. The average molecular weight is 277 g/mol. The second kappa shape index (κ2) is 7.12. The summed E-state index contributed by atoms with van der Waals surface area (Å²) >= 11 is 0. The third-order valence-corrected chi connectivity index (χ3v) is 3.73. The van der Waals surface area contributed by atoms with E-state index in [0.29, 0.717) is 12.0 Å². The van der Waals surface area contributed by atoms with Gasteiger partial charge in [0.15, 0.2) is 0 Å². The van der Waals surface area contributed by atoms with Crippen LogP contribution in [0.5, 0.6) is 5.75 Å². The number of aryl methyl sites for hydroxylation is 1. The minimum Gasteiger partial charge on any atom is -0.492 e. The van der Waals surface area contributed by atoms with Crippen LogP contribution in [0.4, 0.5) is 0 Å². The van der Waals surface area contributed by atoms with E-state index >= 15 is 0 Å². The van der Waals surface area contributed by atoms with Gasteiger partial charge in [0.25, 0.3) is 0 Å². The minimum absolute atomic E-state index is 0.188. The first kappa shape index (κ1) is 17.0. The van der Waals surface area contributed by atoms with E-state index in [2.05, 4.69) is 72.0 Å². The summed E-state index contributed by atoms with van der Waals surface area (Å²) in [6.07, 6.45) is 0. The minimum atomic E-state index is 0.188. The Hall–Kier alpha value is -1.02. The molecule has 0 amide bonds. The van der Waals surface area contributed by atoms with Crippen LogP contribution in [0.25, 0.3) is 0 Å². The molecule has 20 heavy (non-hydrogen) atoms. The number of hydrogen-bond donors (Lipinski definition) is 1. The maximum Gasteiger partial charge on any atom is 0.122 e. The second-order valence-corrected chi connectivity index (χ2v) is 6.95. The summed E-state index contributed by atoms with van der Waals surface area (Å²) in [7, 11) is 0. The summed E-state index contributed by atoms with van der Waals surface area (Å²) in [5.74, 6) is 1.57. The zero-order chi connectivity index (χ0) is 15.3. The number of benzene rings is 1. The molecule has 0 heterocycles. The highest BCUT2D eigenvalue weighted by atomic mass is 16.5. The summed E-state index contributed by atoms with van der Waals surface area (Å²) in [5.41, 5.74) is 2.76. The molecular weight excluding hydrogens is 246 g/mol. The van der Waals surface area contributed by atoms with Gasteiger partial charge in [-0.1, -0.05) is 53.7 Å². The molecule has 0 saturated carbocycles. The number of rotatable bonds is 6. The van der Waals surface area contributed by atoms with Crippen molar-refractivity contribution in [3.63, 3.8) is 0 Å². The van der Waals surface area contributed by atoms with Crippen LogP contribution in [0.15, 0.2) is 18.2 Å². The largest absolute Gasteiger partial charge is 0.492 e. The quantitative estimate of drug-likeness (QED) is 0.837. The first-order valence-corrected chi connectivity index (χ1v) is 7.73. The van der Waals surface area contributed by atoms with Gasteiger partial charge in [-0.05, 0) is 42.0 Å². The lowest BCUT2D eigenvalue weighted by atomic mass is 9.86. The van der Waals surface area contributed by atoms with Crippen molar-refractivity contribution in [2.75, 3.05) is 13.2 Å². The maximum atomic E-state index is 6.02. The Balaban J connectivity index is 2.74. The van der Waals surface area contributed by atoms with Crippen molar-refractivity contribution in [3.8, 4) is 5.75 Å². The van der Waals surface area contributed by atoms with Crippen molar-refractivity contribution >= 4 is 0 Å². The molecule has 1 aromatic carbocycles. The first-order valence-electron chi connectivity index (χ1n) is 7.73. The van der Waals surface area contributed by atoms with Gasteiger partial charge in [-0.2, -0.15) is 0 Å². The van der Waals surface area contributed by atoms with Crippen molar-refractivity contribution < 1.29 is 4.74 Å². The number of hydrogen-bond acceptors (Lipinski definition) is 2. The van der Waals surface area contributed by atoms with Crippen molar-refractivity contribution in [1.29, 1.82) is 0 Å². The van der Waals surface area contributed by atoms with Crippen molar-refractivity contribution in [2.45, 2.75) is 59.9 Å². The molecule has 2 heteroatoms. The Bertz CT molecular complexity index is 418. The third-order valence-electron chi connectivity index (χ3n) is 3.73. The van der Waals surface area contributed by atoms with Gasteiger partial charge in [-0.3, -0.25) is 0 Å². The first-order chi connectivity index (χ1) is 9.25. The van der Waals surface area contributed by atoms with Crippen LogP contribution < -0.4 is 10.1 Å². The Morgan fingerprint density at radius 1 is 1.20 bits per heavy atom. The summed E-state index contributed by atoms with van der Waals surface area (Å²) in [5, 5.41) is 3.48. The van der Waals surface area contributed by atoms with E-state index in [0.717, 1.165) is 18.9 Å². The van der Waals surface area contributed by atoms with E-state index in [1.54, 1.807) is 0 Å². The fourth-order valence-electron chi connectivity index (χ4n) is 2.21. The zero-order valence-corrected chi connectivity index (χ0v) is 14.2. The van der Waals surface area contributed by atoms with Gasteiger partial charge in [0.2, 0.25) is 0 Å². The lowest BCUT2D eigenvalue weighted by molar-refractivity contribution is 0.231. The predicted molar refractivity (Wildman–Crippen MR) is 87.7 cm³/mol. The van der Waals surface area contributed by atoms with Crippen LogP contribution in [0.1, 0.15) is 52.7 Å². The second-order valence-electron chi connectivity index (χ2n) is 6.95. The monoisotopic (exact) mass is 277 g/mol. The third kappa shape index (κ3) is 4.82. The van der Waals surface area contributed by atoms with Crippen LogP contribution in [0, 0.1) is 12.8 Å². The van der Waals surface area contributed by atoms with E-state index in [9.17, 15) is 0 Å². The molecule has 1 rings (SSSR count). The number of nitrogens with one attached hydrogen (secondary N) is 1. The zero-order valence-electron chi connectivity index (χ0n) is 14.2. The lowest BCUT2D eigenvalue weighted by Gasteiger charge is -2.24. The van der Waals surface area contributed by atoms with Crippen LogP contribution >= 0.6 is 0 Å². The van der Waals surface area contributed by atoms with Crippen molar-refractivity contribution in [2.24, 2.45) is 5.92 Å². The van der Waals surface area contributed by atoms with Gasteiger partial charge < -0.3 is 10.1 Å². The summed E-state index contributed by atoms with van der Waals surface area (Å²) in [6, 6.07) is 6.94. The maximum absolute atomic E-state index is 6.02. The normalized spacial score (nSPS) is 13.6. The van der Waals surface area contributed by atoms with Gasteiger partial charge in [0.05, 0.1) is 0 Å². The van der Waals surface area contributed by atoms with E-state index in [1.807, 2.05) is 0 Å². The van der Waals surface area contributed by atoms with E-state index in [-0.39, 0.29) is 5.41 Å². The Kier molecular flexibility index (Phi) is 6.07. The molecule has 2 nitrogen and oxygen atoms in total. The van der Waals surface area contributed by atoms with Gasteiger partial charge >= 0.3 is 0 Å². The molecule has 1 N–H and O–H groups in total. The highest BCUT2D eigenvalue weighted by molar-refractivity contribution is 5.38. The number of ether oxygens (including phenoxy) is 1. The Morgan fingerprint density at radius 2 is 1.85 bits per heavy atom. The number of likely N-dealkylation sites (N-methyl/N-ethyl adjacent to an activating group) is 1. The lowest BCUT2D eigenvalue weighted by Crippen LogP contribution is -2.38. The molecular formula is C18H31NO. The molecule has 0 bridgehead atoms. The van der Waals surface area contributed by atoms with Crippen molar-refractivity contribution in [3.05, 3.63) is 29.3 Å². The fraction of sp³-hybridized carbons (Fsp3) is 0.667. The molecule has 0 aliphatic rings. The Labute approximate surface area is 124 Å². The molecule has 1 aromatic rings. The van der Waals surface area contributed by atoms with Crippen LogP contribution in [-0.4, -0.2) is 19.2 Å². The van der Waals surface area contributed by atoms with Gasteiger partial charge in [0.1, 0.15) is 12.4 Å². The van der Waals surface area contributed by atoms with Gasteiger partial charge in [-0.15, -0.1) is 0 Å². The van der Waals surface area contributed by atoms with E-state index < -0.39 is 0 Å². The molecule has 114 valence electrons. The topological polar surface area (TPSA) is 21.3 Å². The Morgan fingerprint density at radius 3 is 2.30 bits per heavy atom. The molecule has 0 aliphatic heterocycles. The van der Waals surface area contributed by atoms with Gasteiger partial charge in [-0.25, -0.2) is 0 Å². The van der Waals surface area contributed by atoms with Gasteiger partial charge in [0, 0.05) is 6.04 Å². The van der Waals surface area contributed by atoms with Crippen LogP contribution in [-0.2, 0) is 5.41 Å². The van der Waals surface area contributed by atoms with E-state index in [4.69, 9.17) is 4.74 Å². The molecule has 1 atom stereocenters. The van der Waals surface area contributed by atoms with Crippen molar-refractivity contribution in [1.82, 2.24) is 5.32 Å². The summed E-state index contributed by atoms with van der Waals surface area (Å²) in [6.45, 7) is 17.1. The molecule has 0 aromatic heterocycles. The highest BCUT2D eigenvalue weighted by Crippen LogP contribution is 2.27. The molecule has 1 unspecified atom stereocenters.